The largest absolute Gasteiger partial charge is 0.465 e. The number of hydrogen-bond acceptors (Lipinski definition) is 2. The van der Waals surface area contributed by atoms with Crippen LogP contribution in [0.4, 0.5) is 4.79 Å². The number of nitrogens with zero attached hydrogens (tertiary/aromatic N) is 1. The van der Waals surface area contributed by atoms with Crippen LogP contribution in [-0.2, 0) is 6.54 Å². The molecule has 4 rings (SSSR count). The summed E-state index contributed by atoms with van der Waals surface area (Å²) in [5.41, 5.74) is 1.06. The van der Waals surface area contributed by atoms with Gasteiger partial charge >= 0.3 is 6.09 Å². The van der Waals surface area contributed by atoms with Gasteiger partial charge in [0.05, 0.1) is 6.54 Å². The highest BCUT2D eigenvalue weighted by atomic mass is 35.5. The van der Waals surface area contributed by atoms with Gasteiger partial charge in [-0.1, -0.05) is 60.7 Å². The molecule has 148 valence electrons. The van der Waals surface area contributed by atoms with E-state index in [9.17, 15) is 9.90 Å². The summed E-state index contributed by atoms with van der Waals surface area (Å²) >= 11 is 7.42. The van der Waals surface area contributed by atoms with Crippen molar-refractivity contribution in [3.63, 3.8) is 0 Å². The molecule has 1 N–H and O–H groups in total. The summed E-state index contributed by atoms with van der Waals surface area (Å²) in [5, 5.41) is 16.7. The Balaban J connectivity index is 1.84. The molecule has 0 saturated carbocycles. The minimum Gasteiger partial charge on any atom is -0.465 e. The molecule has 4 aromatic carbocycles. The fourth-order valence-electron chi connectivity index (χ4n) is 3.85. The van der Waals surface area contributed by atoms with E-state index in [1.54, 1.807) is 11.8 Å². The first kappa shape index (κ1) is 19.9. The molecule has 4 aromatic rings. The third-order valence-electron chi connectivity index (χ3n) is 5.23. The number of amides is 1. The third kappa shape index (κ3) is 4.14. The molecule has 0 fully saturated rings. The summed E-state index contributed by atoms with van der Waals surface area (Å²) < 4.78 is 0. The summed E-state index contributed by atoms with van der Waals surface area (Å²) in [6.07, 6.45) is -0.890. The molecular formula is C24H22ClNO2S. The highest BCUT2D eigenvalue weighted by Crippen LogP contribution is 2.34. The predicted molar refractivity (Wildman–Crippen MR) is 125 cm³/mol. The Morgan fingerprint density at radius 3 is 2.34 bits per heavy atom. The van der Waals surface area contributed by atoms with Crippen LogP contribution in [0, 0.1) is 0 Å². The van der Waals surface area contributed by atoms with E-state index in [4.69, 9.17) is 11.6 Å². The van der Waals surface area contributed by atoms with Crippen LogP contribution in [0.1, 0.15) is 5.56 Å². The predicted octanol–water partition coefficient (Wildman–Crippen LogP) is 6.60. The van der Waals surface area contributed by atoms with Crippen LogP contribution in [0.3, 0.4) is 0 Å². The fourth-order valence-corrected chi connectivity index (χ4v) is 4.84. The quantitative estimate of drug-likeness (QED) is 0.157. The van der Waals surface area contributed by atoms with Gasteiger partial charge in [-0.15, -0.1) is 11.6 Å². The highest BCUT2D eigenvalue weighted by molar-refractivity contribution is 7.99. The van der Waals surface area contributed by atoms with E-state index < -0.39 is 6.09 Å². The number of benzene rings is 4. The Hall–Kier alpha value is -2.43. The lowest BCUT2D eigenvalue weighted by Crippen LogP contribution is -2.31. The second-order valence-electron chi connectivity index (χ2n) is 6.96. The molecule has 0 unspecified atom stereocenters. The van der Waals surface area contributed by atoms with Gasteiger partial charge in [0.25, 0.3) is 0 Å². The number of alkyl halides is 1. The SMILES string of the molecule is O=C(O)N(CCSCCCl)Cc1c2ccccc2cc2c1ccc1ccccc12. The van der Waals surface area contributed by atoms with Gasteiger partial charge in [0.1, 0.15) is 0 Å². The van der Waals surface area contributed by atoms with Crippen molar-refractivity contribution in [3.8, 4) is 0 Å². The normalized spacial score (nSPS) is 11.3. The molecule has 29 heavy (non-hydrogen) atoms. The minimum atomic E-state index is -0.890. The second-order valence-corrected chi connectivity index (χ2v) is 8.57. The fraction of sp³-hybridized carbons (Fsp3) is 0.208. The van der Waals surface area contributed by atoms with Crippen molar-refractivity contribution in [2.45, 2.75) is 6.54 Å². The molecule has 5 heteroatoms. The lowest BCUT2D eigenvalue weighted by Gasteiger charge is -2.22. The molecule has 0 atom stereocenters. The van der Waals surface area contributed by atoms with Crippen molar-refractivity contribution >= 4 is 61.8 Å². The molecule has 0 aliphatic heterocycles. The van der Waals surface area contributed by atoms with Gasteiger partial charge in [-0.2, -0.15) is 11.8 Å². The minimum absolute atomic E-state index is 0.368. The van der Waals surface area contributed by atoms with Crippen LogP contribution < -0.4 is 0 Å². The van der Waals surface area contributed by atoms with Gasteiger partial charge in [-0.25, -0.2) is 4.79 Å². The number of halogens is 1. The average molecular weight is 424 g/mol. The van der Waals surface area contributed by atoms with Crippen LogP contribution in [0.25, 0.3) is 32.3 Å². The maximum absolute atomic E-state index is 11.9. The number of carboxylic acid groups (broad SMARTS) is 1. The average Bonchev–Trinajstić information content (AvgIpc) is 2.75. The lowest BCUT2D eigenvalue weighted by molar-refractivity contribution is 0.146. The summed E-state index contributed by atoms with van der Waals surface area (Å²) in [7, 11) is 0. The number of carbonyl (C=O) groups is 1. The summed E-state index contributed by atoms with van der Waals surface area (Å²) in [5.74, 6) is 2.15. The zero-order chi connectivity index (χ0) is 20.2. The zero-order valence-electron chi connectivity index (χ0n) is 16.0. The maximum atomic E-state index is 11.9. The van der Waals surface area contributed by atoms with Gasteiger partial charge < -0.3 is 10.0 Å². The van der Waals surface area contributed by atoms with Crippen molar-refractivity contribution in [2.75, 3.05) is 23.9 Å². The molecular weight excluding hydrogens is 402 g/mol. The Kier molecular flexibility index (Phi) is 6.12. The molecule has 0 radical (unpaired) electrons. The Bertz CT molecular complexity index is 1180. The van der Waals surface area contributed by atoms with Crippen LogP contribution in [0.2, 0.25) is 0 Å². The summed E-state index contributed by atoms with van der Waals surface area (Å²) in [6, 6.07) is 23.0. The second kappa shape index (κ2) is 8.93. The molecule has 0 saturated heterocycles. The Morgan fingerprint density at radius 2 is 1.59 bits per heavy atom. The molecule has 0 aliphatic rings. The zero-order valence-corrected chi connectivity index (χ0v) is 17.5. The van der Waals surface area contributed by atoms with Crippen molar-refractivity contribution in [3.05, 3.63) is 72.3 Å². The van der Waals surface area contributed by atoms with Crippen molar-refractivity contribution < 1.29 is 9.90 Å². The van der Waals surface area contributed by atoms with Gasteiger partial charge in [0.2, 0.25) is 0 Å². The van der Waals surface area contributed by atoms with E-state index in [0.717, 1.165) is 33.2 Å². The topological polar surface area (TPSA) is 40.5 Å². The number of hydrogen-bond donors (Lipinski definition) is 1. The summed E-state index contributed by atoms with van der Waals surface area (Å²) in [6.45, 7) is 0.849. The standard InChI is InChI=1S/C24H22ClNO2S/c25-11-13-29-14-12-26(24(27)28)16-23-20-8-4-2-6-18(20)15-22-19-7-3-1-5-17(19)9-10-21(22)23/h1-10,15H,11-14,16H2,(H,27,28). The highest BCUT2D eigenvalue weighted by Gasteiger charge is 2.17. The van der Waals surface area contributed by atoms with Gasteiger partial charge in [-0.3, -0.25) is 0 Å². The molecule has 1 amide bonds. The first-order chi connectivity index (χ1) is 14.2. The Labute approximate surface area is 179 Å². The van der Waals surface area contributed by atoms with Crippen LogP contribution in [0.15, 0.2) is 66.7 Å². The number of rotatable bonds is 7. The first-order valence-electron chi connectivity index (χ1n) is 9.62. The Morgan fingerprint density at radius 1 is 0.862 bits per heavy atom. The molecule has 0 aliphatic carbocycles. The van der Waals surface area contributed by atoms with Crippen LogP contribution in [0.5, 0.6) is 0 Å². The van der Waals surface area contributed by atoms with E-state index in [0.29, 0.717) is 19.0 Å². The maximum Gasteiger partial charge on any atom is 0.407 e. The van der Waals surface area contributed by atoms with E-state index >= 15 is 0 Å². The van der Waals surface area contributed by atoms with E-state index in [-0.39, 0.29) is 0 Å². The van der Waals surface area contributed by atoms with E-state index in [1.165, 1.54) is 21.1 Å². The molecule has 0 bridgehead atoms. The monoisotopic (exact) mass is 423 g/mol. The molecule has 0 heterocycles. The number of thioether (sulfide) groups is 1. The van der Waals surface area contributed by atoms with Crippen LogP contribution >= 0.6 is 23.4 Å². The van der Waals surface area contributed by atoms with Crippen molar-refractivity contribution in [1.82, 2.24) is 4.90 Å². The van der Waals surface area contributed by atoms with E-state index in [2.05, 4.69) is 42.5 Å². The van der Waals surface area contributed by atoms with Crippen molar-refractivity contribution in [2.24, 2.45) is 0 Å². The molecule has 3 nitrogen and oxygen atoms in total. The summed E-state index contributed by atoms with van der Waals surface area (Å²) in [4.78, 5) is 13.5. The number of fused-ring (bicyclic) bond motifs is 4. The van der Waals surface area contributed by atoms with Gasteiger partial charge in [0.15, 0.2) is 0 Å². The van der Waals surface area contributed by atoms with Gasteiger partial charge in [-0.05, 0) is 43.9 Å². The lowest BCUT2D eigenvalue weighted by atomic mass is 9.93. The van der Waals surface area contributed by atoms with Crippen molar-refractivity contribution in [1.29, 1.82) is 0 Å². The van der Waals surface area contributed by atoms with Crippen LogP contribution in [-0.4, -0.2) is 40.0 Å². The van der Waals surface area contributed by atoms with Gasteiger partial charge in [0, 0.05) is 23.9 Å². The molecule has 0 aromatic heterocycles. The smallest absolute Gasteiger partial charge is 0.407 e. The first-order valence-corrected chi connectivity index (χ1v) is 11.3. The molecule has 0 spiro atoms. The van der Waals surface area contributed by atoms with E-state index in [1.807, 2.05) is 24.3 Å². The third-order valence-corrected chi connectivity index (χ3v) is 6.61.